The van der Waals surface area contributed by atoms with Crippen LogP contribution in [0.4, 0.5) is 5.69 Å². The molecule has 1 aromatic rings. The molecule has 0 amide bonds. The second-order valence-electron chi connectivity index (χ2n) is 6.00. The highest BCUT2D eigenvalue weighted by Crippen LogP contribution is 2.23. The van der Waals surface area contributed by atoms with Gasteiger partial charge in [0.15, 0.2) is 0 Å². The van der Waals surface area contributed by atoms with Crippen molar-refractivity contribution in [2.45, 2.75) is 33.1 Å². The van der Waals surface area contributed by atoms with Crippen LogP contribution in [-0.4, -0.2) is 6.21 Å². The van der Waals surface area contributed by atoms with Gasteiger partial charge in [0.25, 0.3) is 0 Å². The lowest BCUT2D eigenvalue weighted by atomic mass is 9.95. The van der Waals surface area contributed by atoms with Gasteiger partial charge in [-0.05, 0) is 43.2 Å². The Morgan fingerprint density at radius 2 is 2.00 bits per heavy atom. The quantitative estimate of drug-likeness (QED) is 0.515. The van der Waals surface area contributed by atoms with Crippen molar-refractivity contribution in [2.24, 2.45) is 10.7 Å². The van der Waals surface area contributed by atoms with Crippen molar-refractivity contribution in [3.05, 3.63) is 89.6 Å². The summed E-state index contributed by atoms with van der Waals surface area (Å²) in [5, 5.41) is 2.97. The summed E-state index contributed by atoms with van der Waals surface area (Å²) >= 11 is 0. The van der Waals surface area contributed by atoms with Crippen LogP contribution in [0, 0.1) is 12.3 Å². The smallest absolute Gasteiger partial charge is 0.0393 e. The molecule has 1 atom stereocenters. The highest BCUT2D eigenvalue weighted by molar-refractivity contribution is 5.62. The number of terminal acetylenes is 1. The van der Waals surface area contributed by atoms with E-state index in [2.05, 4.69) is 41.0 Å². The minimum Gasteiger partial charge on any atom is -0.402 e. The van der Waals surface area contributed by atoms with E-state index in [9.17, 15) is 0 Å². The topological polar surface area (TPSA) is 76.4 Å². The standard InChI is InChI=1S/2C11H12N2.C2H6/c12-11-3-1-9(2-4-11)10-5-7-13-8-6-10;1-4-10-5-6-13-9(3)11(10)7-8(2)12;1-2/h1-5,7-8,10H,6,12H2;1,5-7,13H,3,12H2,2H3;1-2H3/b;8-7+;/t10-;;/m0../s1. The second-order valence-corrected chi connectivity index (χ2v) is 6.00. The Labute approximate surface area is 169 Å². The number of hydrogen-bond donors (Lipinski definition) is 3. The molecule has 28 heavy (non-hydrogen) atoms. The zero-order valence-corrected chi connectivity index (χ0v) is 16.9. The Morgan fingerprint density at radius 1 is 1.32 bits per heavy atom. The minimum atomic E-state index is 0.470. The number of nitrogen functional groups attached to an aromatic ring is 1. The van der Waals surface area contributed by atoms with Crippen LogP contribution in [0.2, 0.25) is 0 Å². The molecule has 1 aromatic carbocycles. The molecule has 0 saturated carbocycles. The maximum atomic E-state index is 5.61. The van der Waals surface area contributed by atoms with E-state index < -0.39 is 0 Å². The van der Waals surface area contributed by atoms with E-state index in [1.165, 1.54) is 5.56 Å². The van der Waals surface area contributed by atoms with Crippen LogP contribution in [0.15, 0.2) is 89.0 Å². The van der Waals surface area contributed by atoms with Gasteiger partial charge in [-0.15, -0.1) is 6.42 Å². The van der Waals surface area contributed by atoms with E-state index in [1.54, 1.807) is 6.20 Å². The fraction of sp³-hybridized carbons (Fsp3) is 0.208. The van der Waals surface area contributed by atoms with E-state index >= 15 is 0 Å². The lowest BCUT2D eigenvalue weighted by molar-refractivity contribution is 0.887. The van der Waals surface area contributed by atoms with Gasteiger partial charge in [0, 0.05) is 52.8 Å². The summed E-state index contributed by atoms with van der Waals surface area (Å²) in [6.45, 7) is 9.64. The molecule has 0 unspecified atom stereocenters. The van der Waals surface area contributed by atoms with Crippen molar-refractivity contribution >= 4 is 11.9 Å². The first-order chi connectivity index (χ1) is 13.5. The maximum Gasteiger partial charge on any atom is 0.0393 e. The van der Waals surface area contributed by atoms with Gasteiger partial charge >= 0.3 is 0 Å². The van der Waals surface area contributed by atoms with E-state index in [-0.39, 0.29) is 0 Å². The number of nitrogens with two attached hydrogens (primary N) is 2. The molecule has 0 aliphatic carbocycles. The molecule has 4 nitrogen and oxygen atoms in total. The van der Waals surface area contributed by atoms with Crippen molar-refractivity contribution in [2.75, 3.05) is 5.73 Å². The van der Waals surface area contributed by atoms with Crippen LogP contribution >= 0.6 is 0 Å². The third-order valence-corrected chi connectivity index (χ3v) is 3.88. The molecule has 4 heteroatoms. The van der Waals surface area contributed by atoms with Crippen molar-refractivity contribution < 1.29 is 0 Å². The third-order valence-electron chi connectivity index (χ3n) is 3.88. The van der Waals surface area contributed by atoms with Crippen LogP contribution in [0.25, 0.3) is 0 Å². The molecule has 0 aromatic heterocycles. The molecule has 146 valence electrons. The number of allylic oxidation sites excluding steroid dienone is 5. The van der Waals surface area contributed by atoms with Gasteiger partial charge in [0.1, 0.15) is 0 Å². The molecular weight excluding hydrogens is 344 g/mol. The summed E-state index contributed by atoms with van der Waals surface area (Å²) in [6.07, 6.45) is 17.6. The van der Waals surface area contributed by atoms with Gasteiger partial charge in [-0.25, -0.2) is 0 Å². The first kappa shape index (κ1) is 22.6. The molecule has 0 spiro atoms. The number of dihydropyridines is 1. The number of hydrogen-bond acceptors (Lipinski definition) is 4. The third kappa shape index (κ3) is 7.05. The molecule has 5 N–H and O–H groups in total. The summed E-state index contributed by atoms with van der Waals surface area (Å²) in [4.78, 5) is 4.04. The Morgan fingerprint density at radius 3 is 2.54 bits per heavy atom. The maximum absolute atomic E-state index is 5.61. The SMILES string of the molecule is C#CC1=C(/C=C(\C)N)C(=C)NC=C1.CC.Nc1ccc([C@H]2C=CN=CC2)cc1. The molecular formula is C24H30N4. The van der Waals surface area contributed by atoms with Crippen LogP contribution in [-0.2, 0) is 0 Å². The molecule has 2 aliphatic heterocycles. The van der Waals surface area contributed by atoms with E-state index in [4.69, 9.17) is 17.9 Å². The summed E-state index contributed by atoms with van der Waals surface area (Å²) in [5.74, 6) is 3.05. The Bertz CT molecular complexity index is 840. The number of nitrogens with zero attached hydrogens (tertiary/aromatic N) is 1. The zero-order chi connectivity index (χ0) is 20.9. The number of nitrogens with one attached hydrogen (secondary N) is 1. The largest absolute Gasteiger partial charge is 0.402 e. The number of anilines is 1. The monoisotopic (exact) mass is 374 g/mol. The van der Waals surface area contributed by atoms with Crippen LogP contribution in [0.3, 0.4) is 0 Å². The molecule has 2 aliphatic rings. The van der Waals surface area contributed by atoms with Crippen molar-refractivity contribution in [3.63, 3.8) is 0 Å². The lowest BCUT2D eigenvalue weighted by Gasteiger charge is -2.13. The predicted octanol–water partition coefficient (Wildman–Crippen LogP) is 4.78. The van der Waals surface area contributed by atoms with Crippen LogP contribution in [0.1, 0.15) is 38.7 Å². The second kappa shape index (κ2) is 12.0. The Hall–Kier alpha value is -3.45. The minimum absolute atomic E-state index is 0.470. The van der Waals surface area contributed by atoms with E-state index in [1.807, 2.05) is 57.5 Å². The molecule has 0 bridgehead atoms. The number of benzene rings is 1. The Balaban J connectivity index is 0.000000257. The van der Waals surface area contributed by atoms with Crippen molar-refractivity contribution in [1.29, 1.82) is 0 Å². The average molecular weight is 375 g/mol. The van der Waals surface area contributed by atoms with Crippen LogP contribution in [0.5, 0.6) is 0 Å². The van der Waals surface area contributed by atoms with Gasteiger partial charge in [0.2, 0.25) is 0 Å². The predicted molar refractivity (Wildman–Crippen MR) is 122 cm³/mol. The molecule has 0 radical (unpaired) electrons. The van der Waals surface area contributed by atoms with Gasteiger partial charge in [0.05, 0.1) is 0 Å². The summed E-state index contributed by atoms with van der Waals surface area (Å²) in [5.41, 5.74) is 16.5. The van der Waals surface area contributed by atoms with E-state index in [0.717, 1.165) is 29.0 Å². The molecule has 0 saturated heterocycles. The molecule has 0 fully saturated rings. The van der Waals surface area contributed by atoms with Gasteiger partial charge in [-0.1, -0.05) is 44.6 Å². The molecule has 2 heterocycles. The highest BCUT2D eigenvalue weighted by Gasteiger charge is 2.08. The first-order valence-electron chi connectivity index (χ1n) is 9.32. The highest BCUT2D eigenvalue weighted by atomic mass is 14.9. The fourth-order valence-corrected chi connectivity index (χ4v) is 2.53. The fourth-order valence-electron chi connectivity index (χ4n) is 2.53. The lowest BCUT2D eigenvalue weighted by Crippen LogP contribution is -2.11. The average Bonchev–Trinajstić information content (AvgIpc) is 2.72. The summed E-state index contributed by atoms with van der Waals surface area (Å²) in [6, 6.07) is 8.02. The van der Waals surface area contributed by atoms with Gasteiger partial charge in [-0.3, -0.25) is 4.99 Å². The summed E-state index contributed by atoms with van der Waals surface area (Å²) in [7, 11) is 0. The van der Waals surface area contributed by atoms with Crippen molar-refractivity contribution in [3.8, 4) is 12.3 Å². The Kier molecular flexibility index (Phi) is 9.71. The van der Waals surface area contributed by atoms with Crippen LogP contribution < -0.4 is 16.8 Å². The van der Waals surface area contributed by atoms with Crippen molar-refractivity contribution in [1.82, 2.24) is 5.32 Å². The molecule has 3 rings (SSSR count). The number of rotatable bonds is 2. The van der Waals surface area contributed by atoms with Gasteiger partial charge < -0.3 is 16.8 Å². The van der Waals surface area contributed by atoms with Gasteiger partial charge in [-0.2, -0.15) is 0 Å². The number of aliphatic imine (C=N–C) groups is 1. The zero-order valence-electron chi connectivity index (χ0n) is 16.9. The first-order valence-corrected chi connectivity index (χ1v) is 9.32. The summed E-state index contributed by atoms with van der Waals surface area (Å²) < 4.78 is 0. The normalized spacial score (nSPS) is 17.6. The van der Waals surface area contributed by atoms with E-state index in [0.29, 0.717) is 11.6 Å².